The lowest BCUT2D eigenvalue weighted by molar-refractivity contribution is 0.655. The van der Waals surface area contributed by atoms with Gasteiger partial charge in [0.25, 0.3) is 0 Å². The number of aliphatic imine (C=N–C) groups is 2. The van der Waals surface area contributed by atoms with Crippen molar-refractivity contribution in [2.75, 3.05) is 13.1 Å². The second-order valence-corrected chi connectivity index (χ2v) is 2.72. The summed E-state index contributed by atoms with van der Waals surface area (Å²) in [6.45, 7) is 1.58. The largest absolute Gasteiger partial charge is 0.369 e. The summed E-state index contributed by atoms with van der Waals surface area (Å²) in [4.78, 5) is 9.91. The standard InChI is InChI=1S/C6H7ClN4.ClH/c7-4-3-5-9-1-2-11(5)6(8)10-4;/h3H,1-2H2,(H2,8,10);1H. The van der Waals surface area contributed by atoms with Crippen LogP contribution in [0.2, 0.25) is 0 Å². The summed E-state index contributed by atoms with van der Waals surface area (Å²) in [6.07, 6.45) is 1.71. The van der Waals surface area contributed by atoms with Gasteiger partial charge in [-0.05, 0) is 0 Å². The molecule has 4 nitrogen and oxygen atoms in total. The molecule has 12 heavy (non-hydrogen) atoms. The van der Waals surface area contributed by atoms with E-state index in [4.69, 9.17) is 17.3 Å². The van der Waals surface area contributed by atoms with Crippen LogP contribution in [0, 0.1) is 0 Å². The smallest absolute Gasteiger partial charge is 0.203 e. The number of hydrogen-bond acceptors (Lipinski definition) is 4. The molecule has 0 amide bonds. The fraction of sp³-hybridized carbons (Fsp3) is 0.333. The van der Waals surface area contributed by atoms with Crippen LogP contribution in [0.3, 0.4) is 0 Å². The Labute approximate surface area is 81.2 Å². The zero-order valence-electron chi connectivity index (χ0n) is 6.20. The van der Waals surface area contributed by atoms with Crippen molar-refractivity contribution in [3.05, 3.63) is 11.2 Å². The molecule has 0 aromatic rings. The molecule has 0 aliphatic carbocycles. The van der Waals surface area contributed by atoms with Crippen molar-refractivity contribution >= 4 is 35.8 Å². The second-order valence-electron chi connectivity index (χ2n) is 2.33. The zero-order valence-corrected chi connectivity index (χ0v) is 7.77. The first kappa shape index (κ1) is 9.35. The van der Waals surface area contributed by atoms with Crippen LogP contribution in [0.5, 0.6) is 0 Å². The normalized spacial score (nSPS) is 20.4. The van der Waals surface area contributed by atoms with Crippen LogP contribution < -0.4 is 5.73 Å². The molecule has 0 saturated carbocycles. The Bertz CT molecular complexity index is 281. The minimum absolute atomic E-state index is 0. The highest BCUT2D eigenvalue weighted by Crippen LogP contribution is 2.14. The van der Waals surface area contributed by atoms with Gasteiger partial charge in [-0.25, -0.2) is 4.99 Å². The first-order chi connectivity index (χ1) is 5.27. The number of nitrogens with two attached hydrogens (primary N) is 1. The maximum Gasteiger partial charge on any atom is 0.203 e. The van der Waals surface area contributed by atoms with Crippen molar-refractivity contribution in [3.8, 4) is 0 Å². The second kappa shape index (κ2) is 3.33. The Hall–Kier alpha value is -0.740. The molecule has 0 radical (unpaired) electrons. The van der Waals surface area contributed by atoms with Gasteiger partial charge in [0.05, 0.1) is 6.54 Å². The number of guanidine groups is 1. The van der Waals surface area contributed by atoms with Crippen molar-refractivity contribution in [1.29, 1.82) is 0 Å². The lowest BCUT2D eigenvalue weighted by atomic mass is 10.4. The maximum atomic E-state index is 5.66. The first-order valence-electron chi connectivity index (χ1n) is 3.31. The molecule has 0 saturated heterocycles. The molecule has 66 valence electrons. The molecule has 0 atom stereocenters. The fourth-order valence-corrected chi connectivity index (χ4v) is 1.31. The molecule has 6 heteroatoms. The summed E-state index contributed by atoms with van der Waals surface area (Å²) in [7, 11) is 0. The lowest BCUT2D eigenvalue weighted by Crippen LogP contribution is -2.40. The predicted molar refractivity (Wildman–Crippen MR) is 51.8 cm³/mol. The monoisotopic (exact) mass is 206 g/mol. The van der Waals surface area contributed by atoms with E-state index >= 15 is 0 Å². The number of nitrogens with zero attached hydrogens (tertiary/aromatic N) is 3. The van der Waals surface area contributed by atoms with Gasteiger partial charge in [-0.2, -0.15) is 0 Å². The van der Waals surface area contributed by atoms with Gasteiger partial charge in [-0.1, -0.05) is 11.6 Å². The summed E-state index contributed by atoms with van der Waals surface area (Å²) in [5, 5.41) is 0.402. The van der Waals surface area contributed by atoms with E-state index in [1.807, 2.05) is 4.90 Å². The van der Waals surface area contributed by atoms with Crippen molar-refractivity contribution in [3.63, 3.8) is 0 Å². The molecule has 0 aromatic heterocycles. The van der Waals surface area contributed by atoms with E-state index < -0.39 is 0 Å². The van der Waals surface area contributed by atoms with Gasteiger partial charge >= 0.3 is 0 Å². The Kier molecular flexibility index (Phi) is 2.59. The van der Waals surface area contributed by atoms with Crippen LogP contribution in [0.25, 0.3) is 0 Å². The highest BCUT2D eigenvalue weighted by atomic mass is 35.5. The number of fused-ring (bicyclic) bond motifs is 1. The maximum absolute atomic E-state index is 5.66. The van der Waals surface area contributed by atoms with Crippen LogP contribution in [0.1, 0.15) is 0 Å². The minimum Gasteiger partial charge on any atom is -0.369 e. The van der Waals surface area contributed by atoms with Crippen molar-refractivity contribution < 1.29 is 0 Å². The molecule has 2 heterocycles. The molecular weight excluding hydrogens is 199 g/mol. The summed E-state index contributed by atoms with van der Waals surface area (Å²) in [6, 6.07) is 0. The third kappa shape index (κ3) is 1.40. The Morgan fingerprint density at radius 2 is 2.33 bits per heavy atom. The third-order valence-corrected chi connectivity index (χ3v) is 1.81. The van der Waals surface area contributed by atoms with Gasteiger partial charge in [0.2, 0.25) is 5.96 Å². The predicted octanol–water partition coefficient (Wildman–Crippen LogP) is 0.531. The third-order valence-electron chi connectivity index (χ3n) is 1.62. The van der Waals surface area contributed by atoms with Crippen molar-refractivity contribution in [2.45, 2.75) is 0 Å². The van der Waals surface area contributed by atoms with Crippen LogP contribution in [0.15, 0.2) is 21.2 Å². The fourth-order valence-electron chi connectivity index (χ4n) is 1.13. The molecule has 0 fully saturated rings. The zero-order chi connectivity index (χ0) is 7.84. The molecule has 2 N–H and O–H groups in total. The molecule has 2 aliphatic heterocycles. The number of halogens is 2. The summed E-state index contributed by atoms with van der Waals surface area (Å²) in [5.41, 5.74) is 5.58. The number of amidine groups is 1. The highest BCUT2D eigenvalue weighted by Gasteiger charge is 2.21. The van der Waals surface area contributed by atoms with E-state index in [2.05, 4.69) is 9.98 Å². The van der Waals surface area contributed by atoms with E-state index in [0.717, 1.165) is 18.9 Å². The molecule has 2 rings (SSSR count). The Balaban J connectivity index is 0.000000720. The van der Waals surface area contributed by atoms with E-state index in [1.54, 1.807) is 6.08 Å². The molecule has 0 unspecified atom stereocenters. The summed E-state index contributed by atoms with van der Waals surface area (Å²) < 4.78 is 0. The van der Waals surface area contributed by atoms with Gasteiger partial charge in [0, 0.05) is 12.6 Å². The molecular formula is C6H8Cl2N4. The van der Waals surface area contributed by atoms with E-state index in [9.17, 15) is 0 Å². The van der Waals surface area contributed by atoms with E-state index in [1.165, 1.54) is 0 Å². The highest BCUT2D eigenvalue weighted by molar-refractivity contribution is 6.33. The summed E-state index contributed by atoms with van der Waals surface area (Å²) in [5.74, 6) is 1.26. The number of rotatable bonds is 0. The van der Waals surface area contributed by atoms with E-state index in [-0.39, 0.29) is 12.4 Å². The quantitative estimate of drug-likeness (QED) is 0.589. The van der Waals surface area contributed by atoms with Crippen molar-refractivity contribution in [1.82, 2.24) is 4.90 Å². The first-order valence-corrected chi connectivity index (χ1v) is 3.68. The minimum atomic E-state index is 0. The van der Waals surface area contributed by atoms with Gasteiger partial charge in [0.15, 0.2) is 0 Å². The molecule has 0 aromatic carbocycles. The molecule has 0 bridgehead atoms. The van der Waals surface area contributed by atoms with E-state index in [0.29, 0.717) is 11.1 Å². The average molecular weight is 207 g/mol. The van der Waals surface area contributed by atoms with Crippen LogP contribution in [0.4, 0.5) is 0 Å². The number of hydrogen-bond donors (Lipinski definition) is 1. The molecule has 0 spiro atoms. The summed E-state index contributed by atoms with van der Waals surface area (Å²) >= 11 is 5.66. The van der Waals surface area contributed by atoms with Gasteiger partial charge in [-0.15, -0.1) is 12.4 Å². The van der Waals surface area contributed by atoms with Crippen LogP contribution >= 0.6 is 24.0 Å². The van der Waals surface area contributed by atoms with Crippen LogP contribution in [-0.2, 0) is 0 Å². The lowest BCUT2D eigenvalue weighted by Gasteiger charge is -2.19. The average Bonchev–Trinajstić information content (AvgIpc) is 2.34. The van der Waals surface area contributed by atoms with Gasteiger partial charge in [0.1, 0.15) is 11.0 Å². The SMILES string of the molecule is Cl.NC1=NC(Cl)=CC2=NCCN12. The van der Waals surface area contributed by atoms with Gasteiger partial charge < -0.3 is 5.73 Å². The van der Waals surface area contributed by atoms with Crippen molar-refractivity contribution in [2.24, 2.45) is 15.7 Å². The molecule has 2 aliphatic rings. The topological polar surface area (TPSA) is 54.0 Å². The van der Waals surface area contributed by atoms with Crippen LogP contribution in [-0.4, -0.2) is 29.8 Å². The Morgan fingerprint density at radius 1 is 1.58 bits per heavy atom. The van der Waals surface area contributed by atoms with Gasteiger partial charge in [-0.3, -0.25) is 9.89 Å². The Morgan fingerprint density at radius 3 is 3.08 bits per heavy atom.